The van der Waals surface area contributed by atoms with Crippen LogP contribution < -0.4 is 0 Å². The van der Waals surface area contributed by atoms with Gasteiger partial charge in [0.2, 0.25) is 0 Å². The van der Waals surface area contributed by atoms with Crippen LogP contribution in [0.15, 0.2) is 42.5 Å². The fourth-order valence-electron chi connectivity index (χ4n) is 1.61. The Labute approximate surface area is 97.0 Å². The quantitative estimate of drug-likeness (QED) is 0.704. The predicted octanol–water partition coefficient (Wildman–Crippen LogP) is 4.51. The highest BCUT2D eigenvalue weighted by Gasteiger charge is 2.08. The molecule has 0 fully saturated rings. The summed E-state index contributed by atoms with van der Waals surface area (Å²) in [5.41, 5.74) is 1.20. The molecule has 0 saturated heterocycles. The summed E-state index contributed by atoms with van der Waals surface area (Å²) in [6, 6.07) is 14.6. The minimum absolute atomic E-state index is 0.0427. The van der Waals surface area contributed by atoms with E-state index in [1.807, 2.05) is 12.1 Å². The molecule has 0 aromatic heterocycles. The lowest BCUT2D eigenvalue weighted by atomic mass is 10.0. The van der Waals surface area contributed by atoms with E-state index in [1.54, 1.807) is 0 Å². The van der Waals surface area contributed by atoms with E-state index in [-0.39, 0.29) is 5.38 Å². The third-order valence-corrected chi connectivity index (χ3v) is 3.71. The summed E-state index contributed by atoms with van der Waals surface area (Å²) >= 11 is 9.63. The molecule has 0 N–H and O–H groups in total. The molecule has 1 unspecified atom stereocenters. The molecule has 2 aromatic carbocycles. The molecule has 2 aromatic rings. The summed E-state index contributed by atoms with van der Waals surface area (Å²) in [6.07, 6.45) is 0. The molecule has 0 spiro atoms. The van der Waals surface area contributed by atoms with E-state index >= 15 is 0 Å². The summed E-state index contributed by atoms with van der Waals surface area (Å²) < 4.78 is 0. The van der Waals surface area contributed by atoms with Crippen LogP contribution in [-0.4, -0.2) is 5.33 Å². The lowest BCUT2D eigenvalue weighted by Crippen LogP contribution is -1.92. The average molecular weight is 270 g/mol. The van der Waals surface area contributed by atoms with Gasteiger partial charge in [-0.25, -0.2) is 0 Å². The van der Waals surface area contributed by atoms with Gasteiger partial charge < -0.3 is 0 Å². The van der Waals surface area contributed by atoms with Gasteiger partial charge in [-0.15, -0.1) is 11.6 Å². The Bertz CT molecular complexity index is 434. The van der Waals surface area contributed by atoms with Gasteiger partial charge in [0.15, 0.2) is 0 Å². The average Bonchev–Trinajstić information content (AvgIpc) is 2.27. The van der Waals surface area contributed by atoms with Gasteiger partial charge in [0.25, 0.3) is 0 Å². The zero-order valence-electron chi connectivity index (χ0n) is 7.58. The van der Waals surface area contributed by atoms with Crippen molar-refractivity contribution < 1.29 is 0 Å². The molecule has 0 saturated carbocycles. The number of halogens is 2. The third-order valence-electron chi connectivity index (χ3n) is 2.30. The number of benzene rings is 2. The molecule has 0 aliphatic heterocycles. The maximum Gasteiger partial charge on any atom is 0.0688 e. The summed E-state index contributed by atoms with van der Waals surface area (Å²) in [4.78, 5) is 0. The van der Waals surface area contributed by atoms with Gasteiger partial charge >= 0.3 is 0 Å². The molecule has 0 nitrogen and oxygen atoms in total. The lowest BCUT2D eigenvalue weighted by molar-refractivity contribution is 1.13. The van der Waals surface area contributed by atoms with Crippen molar-refractivity contribution in [3.8, 4) is 0 Å². The van der Waals surface area contributed by atoms with Crippen molar-refractivity contribution in [1.29, 1.82) is 0 Å². The molecule has 0 aliphatic rings. The van der Waals surface area contributed by atoms with Gasteiger partial charge in [-0.3, -0.25) is 0 Å². The first-order valence-corrected chi connectivity index (χ1v) is 6.06. The lowest BCUT2D eigenvalue weighted by Gasteiger charge is -2.09. The molecular formula is C12H10BrCl. The fourth-order valence-corrected chi connectivity index (χ4v) is 2.15. The normalized spacial score (nSPS) is 13.0. The van der Waals surface area contributed by atoms with Crippen LogP contribution in [-0.2, 0) is 0 Å². The molecule has 2 rings (SSSR count). The molecule has 0 bridgehead atoms. The highest BCUT2D eigenvalue weighted by atomic mass is 79.9. The highest BCUT2D eigenvalue weighted by molar-refractivity contribution is 9.09. The molecule has 0 amide bonds. The van der Waals surface area contributed by atoms with E-state index in [0.717, 1.165) is 5.33 Å². The van der Waals surface area contributed by atoms with Gasteiger partial charge in [0.1, 0.15) is 0 Å². The number of fused-ring (bicyclic) bond motifs is 1. The number of hydrogen-bond acceptors (Lipinski definition) is 0. The Morgan fingerprint density at radius 2 is 1.79 bits per heavy atom. The highest BCUT2D eigenvalue weighted by Crippen LogP contribution is 2.29. The smallest absolute Gasteiger partial charge is 0.0688 e. The van der Waals surface area contributed by atoms with Crippen molar-refractivity contribution in [2.75, 3.05) is 5.33 Å². The number of hydrogen-bond donors (Lipinski definition) is 0. The Morgan fingerprint density at radius 3 is 2.57 bits per heavy atom. The van der Waals surface area contributed by atoms with Crippen molar-refractivity contribution in [1.82, 2.24) is 0 Å². The van der Waals surface area contributed by atoms with Crippen LogP contribution in [0.4, 0.5) is 0 Å². The zero-order chi connectivity index (χ0) is 9.97. The SMILES string of the molecule is ClC(CBr)c1cccc2ccccc12. The van der Waals surface area contributed by atoms with E-state index in [9.17, 15) is 0 Å². The van der Waals surface area contributed by atoms with Crippen LogP contribution in [0.25, 0.3) is 10.8 Å². The molecule has 0 heterocycles. The molecule has 14 heavy (non-hydrogen) atoms. The van der Waals surface area contributed by atoms with Crippen LogP contribution in [0.1, 0.15) is 10.9 Å². The van der Waals surface area contributed by atoms with Crippen LogP contribution in [0.2, 0.25) is 0 Å². The summed E-state index contributed by atoms with van der Waals surface area (Å²) in [5, 5.41) is 3.31. The van der Waals surface area contributed by atoms with Gasteiger partial charge in [-0.05, 0) is 16.3 Å². The van der Waals surface area contributed by atoms with Gasteiger partial charge in [-0.1, -0.05) is 58.4 Å². The van der Waals surface area contributed by atoms with Crippen LogP contribution >= 0.6 is 27.5 Å². The molecule has 1 atom stereocenters. The van der Waals surface area contributed by atoms with Gasteiger partial charge in [-0.2, -0.15) is 0 Å². The van der Waals surface area contributed by atoms with Crippen molar-refractivity contribution in [3.05, 3.63) is 48.0 Å². The Balaban J connectivity index is 2.65. The van der Waals surface area contributed by atoms with E-state index in [2.05, 4.69) is 46.3 Å². The van der Waals surface area contributed by atoms with Crippen LogP contribution in [0.5, 0.6) is 0 Å². The Morgan fingerprint density at radius 1 is 1.07 bits per heavy atom. The number of rotatable bonds is 2. The Hall–Kier alpha value is -0.530. The van der Waals surface area contributed by atoms with Crippen LogP contribution in [0, 0.1) is 0 Å². The standard InChI is InChI=1S/C12H10BrCl/c13-8-12(14)11-7-3-5-9-4-1-2-6-10(9)11/h1-7,12H,8H2. The van der Waals surface area contributed by atoms with E-state index < -0.39 is 0 Å². The predicted molar refractivity (Wildman–Crippen MR) is 66.3 cm³/mol. The molecule has 0 radical (unpaired) electrons. The minimum atomic E-state index is 0.0427. The fraction of sp³-hybridized carbons (Fsp3) is 0.167. The van der Waals surface area contributed by atoms with Gasteiger partial charge in [0.05, 0.1) is 5.38 Å². The van der Waals surface area contributed by atoms with Crippen molar-refractivity contribution in [2.45, 2.75) is 5.38 Å². The maximum atomic E-state index is 6.22. The second kappa shape index (κ2) is 4.33. The summed E-state index contributed by atoms with van der Waals surface area (Å²) in [6.45, 7) is 0. The molecular weight excluding hydrogens is 259 g/mol. The maximum absolute atomic E-state index is 6.22. The molecule has 0 aliphatic carbocycles. The van der Waals surface area contributed by atoms with E-state index in [4.69, 9.17) is 11.6 Å². The second-order valence-electron chi connectivity index (χ2n) is 3.19. The minimum Gasteiger partial charge on any atom is -0.117 e. The van der Waals surface area contributed by atoms with Crippen molar-refractivity contribution in [2.24, 2.45) is 0 Å². The first kappa shape index (κ1) is 10.0. The third kappa shape index (κ3) is 1.79. The van der Waals surface area contributed by atoms with Crippen molar-refractivity contribution >= 4 is 38.3 Å². The first-order chi connectivity index (χ1) is 6.83. The summed E-state index contributed by atoms with van der Waals surface area (Å²) in [7, 11) is 0. The molecule has 2 heteroatoms. The number of alkyl halides is 2. The first-order valence-electron chi connectivity index (χ1n) is 4.50. The van der Waals surface area contributed by atoms with Crippen molar-refractivity contribution in [3.63, 3.8) is 0 Å². The van der Waals surface area contributed by atoms with E-state index in [0.29, 0.717) is 0 Å². The monoisotopic (exact) mass is 268 g/mol. The topological polar surface area (TPSA) is 0 Å². The zero-order valence-corrected chi connectivity index (χ0v) is 9.92. The second-order valence-corrected chi connectivity index (χ2v) is 4.36. The molecule has 72 valence electrons. The largest absolute Gasteiger partial charge is 0.117 e. The van der Waals surface area contributed by atoms with E-state index in [1.165, 1.54) is 16.3 Å². The van der Waals surface area contributed by atoms with Crippen LogP contribution in [0.3, 0.4) is 0 Å². The summed E-state index contributed by atoms with van der Waals surface area (Å²) in [5.74, 6) is 0. The Kier molecular flexibility index (Phi) is 3.09. The van der Waals surface area contributed by atoms with Gasteiger partial charge in [0, 0.05) is 5.33 Å².